The number of amides is 1. The zero-order valence-corrected chi connectivity index (χ0v) is 9.90. The van der Waals surface area contributed by atoms with Crippen molar-refractivity contribution in [3.63, 3.8) is 0 Å². The first-order valence-electron chi connectivity index (χ1n) is 5.35. The Kier molecular flexibility index (Phi) is 3.95. The molecule has 0 aliphatic rings. The maximum Gasteiger partial charge on any atom is 0.268 e. The second-order valence-corrected chi connectivity index (χ2v) is 4.22. The minimum atomic E-state index is -0.552. The van der Waals surface area contributed by atoms with Crippen LogP contribution in [0.2, 0.25) is 0 Å². The Morgan fingerprint density at radius 3 is 2.69 bits per heavy atom. The van der Waals surface area contributed by atoms with Crippen LogP contribution in [-0.2, 0) is 0 Å². The Bertz CT molecular complexity index is 369. The highest BCUT2D eigenvalue weighted by molar-refractivity contribution is 5.93. The number of aromatic nitrogens is 1. The molecule has 0 aromatic carbocycles. The first kappa shape index (κ1) is 12.6. The summed E-state index contributed by atoms with van der Waals surface area (Å²) in [7, 11) is 0. The SMILES string of the molecule is CC(O)CNC(=O)c1cc(N)cn1C(C)C. The van der Waals surface area contributed by atoms with E-state index in [0.717, 1.165) is 0 Å². The molecule has 16 heavy (non-hydrogen) atoms. The number of rotatable bonds is 4. The van der Waals surface area contributed by atoms with Crippen LogP contribution in [0.3, 0.4) is 0 Å². The van der Waals surface area contributed by atoms with Crippen LogP contribution >= 0.6 is 0 Å². The van der Waals surface area contributed by atoms with E-state index in [1.165, 1.54) is 0 Å². The van der Waals surface area contributed by atoms with Gasteiger partial charge in [-0.1, -0.05) is 0 Å². The van der Waals surface area contributed by atoms with Gasteiger partial charge in [0.2, 0.25) is 0 Å². The summed E-state index contributed by atoms with van der Waals surface area (Å²) in [5, 5.41) is 11.7. The molecular weight excluding hydrogens is 206 g/mol. The smallest absolute Gasteiger partial charge is 0.268 e. The van der Waals surface area contributed by atoms with Crippen LogP contribution < -0.4 is 11.1 Å². The molecule has 1 heterocycles. The average Bonchev–Trinajstić information content (AvgIpc) is 2.56. The highest BCUT2D eigenvalue weighted by Gasteiger charge is 2.14. The van der Waals surface area contributed by atoms with Gasteiger partial charge in [-0.05, 0) is 26.8 Å². The number of hydrogen-bond donors (Lipinski definition) is 3. The van der Waals surface area contributed by atoms with Gasteiger partial charge in [0, 0.05) is 18.8 Å². The van der Waals surface area contributed by atoms with Crippen molar-refractivity contribution >= 4 is 11.6 Å². The third-order valence-corrected chi connectivity index (χ3v) is 2.22. The molecule has 1 atom stereocenters. The molecule has 0 radical (unpaired) electrons. The van der Waals surface area contributed by atoms with Gasteiger partial charge in [0.1, 0.15) is 5.69 Å². The number of carbonyl (C=O) groups excluding carboxylic acids is 1. The molecule has 1 aromatic rings. The van der Waals surface area contributed by atoms with Gasteiger partial charge in [-0.2, -0.15) is 0 Å². The van der Waals surface area contributed by atoms with Crippen molar-refractivity contribution in [1.82, 2.24) is 9.88 Å². The van der Waals surface area contributed by atoms with E-state index >= 15 is 0 Å². The first-order chi connectivity index (χ1) is 7.41. The average molecular weight is 225 g/mol. The van der Waals surface area contributed by atoms with E-state index in [1.54, 1.807) is 19.2 Å². The Morgan fingerprint density at radius 1 is 1.56 bits per heavy atom. The van der Waals surface area contributed by atoms with Crippen LogP contribution in [0.5, 0.6) is 0 Å². The molecule has 1 rings (SSSR count). The summed E-state index contributed by atoms with van der Waals surface area (Å²) >= 11 is 0. The molecule has 0 spiro atoms. The van der Waals surface area contributed by atoms with Gasteiger partial charge in [-0.15, -0.1) is 0 Å². The van der Waals surface area contributed by atoms with Crippen LogP contribution in [0.25, 0.3) is 0 Å². The minimum Gasteiger partial charge on any atom is -0.397 e. The quantitative estimate of drug-likeness (QED) is 0.707. The number of nitrogens with two attached hydrogens (primary N) is 1. The molecule has 5 heteroatoms. The van der Waals surface area contributed by atoms with Crippen molar-refractivity contribution in [1.29, 1.82) is 0 Å². The lowest BCUT2D eigenvalue weighted by Gasteiger charge is -2.13. The lowest BCUT2D eigenvalue weighted by Crippen LogP contribution is -2.32. The maximum atomic E-state index is 11.8. The van der Waals surface area contributed by atoms with E-state index < -0.39 is 6.10 Å². The lowest BCUT2D eigenvalue weighted by molar-refractivity contribution is 0.0913. The molecule has 90 valence electrons. The highest BCUT2D eigenvalue weighted by atomic mass is 16.3. The van der Waals surface area contributed by atoms with E-state index in [4.69, 9.17) is 10.8 Å². The third kappa shape index (κ3) is 3.00. The predicted molar refractivity (Wildman–Crippen MR) is 63.2 cm³/mol. The van der Waals surface area contributed by atoms with Gasteiger partial charge in [0.25, 0.3) is 5.91 Å². The molecule has 1 aromatic heterocycles. The first-order valence-corrected chi connectivity index (χ1v) is 5.35. The number of aliphatic hydroxyl groups excluding tert-OH is 1. The molecule has 1 amide bonds. The molecular formula is C11H19N3O2. The van der Waals surface area contributed by atoms with Crippen molar-refractivity contribution in [3.05, 3.63) is 18.0 Å². The summed E-state index contributed by atoms with van der Waals surface area (Å²) in [6, 6.07) is 1.81. The van der Waals surface area contributed by atoms with Crippen LogP contribution in [0.15, 0.2) is 12.3 Å². The van der Waals surface area contributed by atoms with E-state index in [0.29, 0.717) is 11.4 Å². The highest BCUT2D eigenvalue weighted by Crippen LogP contribution is 2.16. The Labute approximate surface area is 95.3 Å². The van der Waals surface area contributed by atoms with Crippen molar-refractivity contribution in [2.24, 2.45) is 0 Å². The zero-order valence-electron chi connectivity index (χ0n) is 9.90. The molecule has 0 fully saturated rings. The van der Waals surface area contributed by atoms with Crippen LogP contribution in [0.1, 0.15) is 37.3 Å². The van der Waals surface area contributed by atoms with E-state index in [1.807, 2.05) is 18.4 Å². The number of nitrogens with zero attached hydrogens (tertiary/aromatic N) is 1. The number of hydrogen-bond acceptors (Lipinski definition) is 3. The van der Waals surface area contributed by atoms with E-state index in [2.05, 4.69) is 5.32 Å². The minimum absolute atomic E-state index is 0.171. The summed E-state index contributed by atoms with van der Waals surface area (Å²) in [6.07, 6.45) is 1.19. The lowest BCUT2D eigenvalue weighted by atomic mass is 10.3. The summed E-state index contributed by atoms with van der Waals surface area (Å²) in [5.41, 5.74) is 6.75. The predicted octanol–water partition coefficient (Wildman–Crippen LogP) is 0.762. The summed E-state index contributed by atoms with van der Waals surface area (Å²) in [5.74, 6) is -0.216. The van der Waals surface area contributed by atoms with Crippen molar-refractivity contribution in [2.75, 3.05) is 12.3 Å². The molecule has 0 saturated carbocycles. The van der Waals surface area contributed by atoms with Gasteiger partial charge >= 0.3 is 0 Å². The molecule has 0 saturated heterocycles. The molecule has 0 aliphatic heterocycles. The summed E-state index contributed by atoms with van der Waals surface area (Å²) in [6.45, 7) is 5.81. The fourth-order valence-corrected chi connectivity index (χ4v) is 1.44. The van der Waals surface area contributed by atoms with Crippen LogP contribution in [-0.4, -0.2) is 28.2 Å². The normalized spacial score (nSPS) is 12.8. The molecule has 5 nitrogen and oxygen atoms in total. The fraction of sp³-hybridized carbons (Fsp3) is 0.545. The second kappa shape index (κ2) is 5.03. The third-order valence-electron chi connectivity index (χ3n) is 2.22. The molecule has 4 N–H and O–H groups in total. The monoisotopic (exact) mass is 225 g/mol. The maximum absolute atomic E-state index is 11.8. The largest absolute Gasteiger partial charge is 0.397 e. The number of nitrogens with one attached hydrogen (secondary N) is 1. The van der Waals surface area contributed by atoms with Crippen molar-refractivity contribution in [3.8, 4) is 0 Å². The summed E-state index contributed by atoms with van der Waals surface area (Å²) < 4.78 is 1.81. The fourth-order valence-electron chi connectivity index (χ4n) is 1.44. The van der Waals surface area contributed by atoms with Crippen molar-refractivity contribution < 1.29 is 9.90 Å². The Hall–Kier alpha value is -1.49. The molecule has 0 aliphatic carbocycles. The standard InChI is InChI=1S/C11H19N3O2/c1-7(2)14-6-9(12)4-10(14)11(16)13-5-8(3)15/h4,6-8,15H,5,12H2,1-3H3,(H,13,16). The van der Waals surface area contributed by atoms with Gasteiger partial charge in [-0.25, -0.2) is 0 Å². The van der Waals surface area contributed by atoms with Gasteiger partial charge in [0.05, 0.1) is 11.8 Å². The van der Waals surface area contributed by atoms with Crippen LogP contribution in [0, 0.1) is 0 Å². The zero-order chi connectivity index (χ0) is 12.3. The number of nitrogen functional groups attached to an aromatic ring is 1. The number of aliphatic hydroxyl groups is 1. The summed E-state index contributed by atoms with van der Waals surface area (Å²) in [4.78, 5) is 11.8. The van der Waals surface area contributed by atoms with Gasteiger partial charge < -0.3 is 20.7 Å². The van der Waals surface area contributed by atoms with E-state index in [-0.39, 0.29) is 18.5 Å². The number of anilines is 1. The topological polar surface area (TPSA) is 80.3 Å². The van der Waals surface area contributed by atoms with Crippen molar-refractivity contribution in [2.45, 2.75) is 32.9 Å². The van der Waals surface area contributed by atoms with E-state index in [9.17, 15) is 4.79 Å². The number of carbonyl (C=O) groups is 1. The molecule has 0 bridgehead atoms. The Balaban J connectivity index is 2.82. The van der Waals surface area contributed by atoms with Gasteiger partial charge in [0.15, 0.2) is 0 Å². The molecule has 1 unspecified atom stereocenters. The van der Waals surface area contributed by atoms with Gasteiger partial charge in [-0.3, -0.25) is 4.79 Å². The van der Waals surface area contributed by atoms with Crippen LogP contribution in [0.4, 0.5) is 5.69 Å². The second-order valence-electron chi connectivity index (χ2n) is 4.22. The Morgan fingerprint density at radius 2 is 2.19 bits per heavy atom.